The van der Waals surface area contributed by atoms with Gasteiger partial charge in [-0.3, -0.25) is 9.10 Å². The Morgan fingerprint density at radius 1 is 1.15 bits per heavy atom. The second kappa shape index (κ2) is 9.36. The van der Waals surface area contributed by atoms with E-state index in [0.29, 0.717) is 5.75 Å². The molecule has 3 N–H and O–H groups in total. The van der Waals surface area contributed by atoms with Crippen LogP contribution in [0.1, 0.15) is 0 Å². The van der Waals surface area contributed by atoms with Crippen molar-refractivity contribution in [3.05, 3.63) is 54.6 Å². The quantitative estimate of drug-likeness (QED) is 0.549. The highest BCUT2D eigenvalue weighted by atomic mass is 32.2. The van der Waals surface area contributed by atoms with Crippen LogP contribution in [0.2, 0.25) is 0 Å². The summed E-state index contributed by atoms with van der Waals surface area (Å²) in [6, 6.07) is 14.4. The van der Waals surface area contributed by atoms with Crippen LogP contribution in [0, 0.1) is 0 Å². The second-order valence-electron chi connectivity index (χ2n) is 5.70. The number of carboxylic acid groups (broad SMARTS) is 1. The van der Waals surface area contributed by atoms with E-state index in [1.54, 1.807) is 42.5 Å². The Morgan fingerprint density at radius 3 is 2.41 bits per heavy atom. The second-order valence-corrected chi connectivity index (χ2v) is 7.56. The van der Waals surface area contributed by atoms with Crippen LogP contribution in [-0.2, 0) is 14.8 Å². The fraction of sp³-hybridized carbons (Fsp3) is 0.278. The first-order chi connectivity index (χ1) is 12.9. The van der Waals surface area contributed by atoms with E-state index in [0.717, 1.165) is 4.31 Å². The zero-order valence-corrected chi connectivity index (χ0v) is 15.6. The lowest BCUT2D eigenvalue weighted by molar-refractivity contribution is -0.136. The number of benzene rings is 2. The number of sulfonamides is 1. The van der Waals surface area contributed by atoms with Gasteiger partial charge in [0, 0.05) is 6.54 Å². The first-order valence-corrected chi connectivity index (χ1v) is 9.61. The van der Waals surface area contributed by atoms with E-state index in [1.165, 1.54) is 19.2 Å². The van der Waals surface area contributed by atoms with Gasteiger partial charge in [-0.2, -0.15) is 0 Å². The molecule has 8 nitrogen and oxygen atoms in total. The average molecular weight is 394 g/mol. The van der Waals surface area contributed by atoms with E-state index in [4.69, 9.17) is 9.84 Å². The minimum atomic E-state index is -3.97. The SMILES string of the molecule is COc1ccccc1N(CC(O)CNCC(=O)O)S(=O)(=O)c1ccccc1. The lowest BCUT2D eigenvalue weighted by Crippen LogP contribution is -2.42. The number of aliphatic carboxylic acids is 1. The number of nitrogens with one attached hydrogen (secondary N) is 1. The van der Waals surface area contributed by atoms with Crippen molar-refractivity contribution in [2.24, 2.45) is 0 Å². The summed E-state index contributed by atoms with van der Waals surface area (Å²) in [5.41, 5.74) is 0.279. The molecule has 146 valence electrons. The van der Waals surface area contributed by atoms with Gasteiger partial charge in [-0.15, -0.1) is 0 Å². The van der Waals surface area contributed by atoms with Crippen LogP contribution in [0.3, 0.4) is 0 Å². The summed E-state index contributed by atoms with van der Waals surface area (Å²) in [5.74, 6) is -0.733. The molecule has 0 aliphatic carbocycles. The molecule has 2 rings (SSSR count). The van der Waals surface area contributed by atoms with Crippen molar-refractivity contribution in [2.45, 2.75) is 11.0 Å². The maximum atomic E-state index is 13.2. The van der Waals surface area contributed by atoms with Crippen molar-refractivity contribution in [1.29, 1.82) is 0 Å². The lowest BCUT2D eigenvalue weighted by Gasteiger charge is -2.28. The number of carbonyl (C=O) groups is 1. The van der Waals surface area contributed by atoms with Gasteiger partial charge in [-0.05, 0) is 24.3 Å². The summed E-state index contributed by atoms with van der Waals surface area (Å²) < 4.78 is 32.7. The number of aliphatic hydroxyl groups is 1. The molecule has 0 aromatic heterocycles. The Balaban J connectivity index is 2.36. The van der Waals surface area contributed by atoms with Crippen molar-refractivity contribution in [3.8, 4) is 5.75 Å². The molecule has 2 aromatic rings. The molecular weight excluding hydrogens is 372 g/mol. The highest BCUT2D eigenvalue weighted by Crippen LogP contribution is 2.32. The van der Waals surface area contributed by atoms with Crippen molar-refractivity contribution >= 4 is 21.7 Å². The number of methoxy groups -OCH3 is 1. The molecule has 2 aromatic carbocycles. The number of ether oxygens (including phenoxy) is 1. The van der Waals surface area contributed by atoms with Crippen LogP contribution < -0.4 is 14.4 Å². The van der Waals surface area contributed by atoms with E-state index in [1.807, 2.05) is 0 Å². The molecule has 0 fully saturated rings. The summed E-state index contributed by atoms with van der Waals surface area (Å²) in [7, 11) is -2.55. The number of para-hydroxylation sites is 2. The van der Waals surface area contributed by atoms with Gasteiger partial charge >= 0.3 is 5.97 Å². The third-order valence-electron chi connectivity index (χ3n) is 3.72. The van der Waals surface area contributed by atoms with Gasteiger partial charge in [0.25, 0.3) is 10.0 Å². The molecule has 0 bridgehead atoms. The van der Waals surface area contributed by atoms with Crippen LogP contribution >= 0.6 is 0 Å². The van der Waals surface area contributed by atoms with Crippen LogP contribution in [0.5, 0.6) is 5.75 Å². The highest BCUT2D eigenvalue weighted by Gasteiger charge is 2.29. The average Bonchev–Trinajstić information content (AvgIpc) is 2.66. The molecule has 0 spiro atoms. The van der Waals surface area contributed by atoms with Gasteiger partial charge < -0.3 is 20.3 Å². The molecule has 1 unspecified atom stereocenters. The molecule has 0 amide bonds. The summed E-state index contributed by atoms with van der Waals surface area (Å²) >= 11 is 0. The fourth-order valence-electron chi connectivity index (χ4n) is 2.48. The van der Waals surface area contributed by atoms with E-state index < -0.39 is 22.1 Å². The minimum Gasteiger partial charge on any atom is -0.495 e. The van der Waals surface area contributed by atoms with Gasteiger partial charge in [0.1, 0.15) is 5.75 Å². The monoisotopic (exact) mass is 394 g/mol. The number of rotatable bonds is 10. The molecule has 0 saturated carbocycles. The summed E-state index contributed by atoms with van der Waals surface area (Å²) in [4.78, 5) is 10.7. The first kappa shape index (κ1) is 20.7. The van der Waals surface area contributed by atoms with Gasteiger partial charge in [0.05, 0.1) is 36.9 Å². The molecule has 0 radical (unpaired) electrons. The Morgan fingerprint density at radius 2 is 1.78 bits per heavy atom. The van der Waals surface area contributed by atoms with Gasteiger partial charge in [-0.1, -0.05) is 30.3 Å². The lowest BCUT2D eigenvalue weighted by atomic mass is 10.2. The van der Waals surface area contributed by atoms with E-state index in [9.17, 15) is 18.3 Å². The number of nitrogens with zero attached hydrogens (tertiary/aromatic N) is 1. The molecule has 0 heterocycles. The normalized spacial score (nSPS) is 12.4. The third-order valence-corrected chi connectivity index (χ3v) is 5.51. The Bertz CT molecular complexity index is 857. The smallest absolute Gasteiger partial charge is 0.317 e. The maximum Gasteiger partial charge on any atom is 0.317 e. The minimum absolute atomic E-state index is 0.0709. The predicted molar refractivity (Wildman–Crippen MR) is 100 cm³/mol. The van der Waals surface area contributed by atoms with Crippen molar-refractivity contribution in [3.63, 3.8) is 0 Å². The third kappa shape index (κ3) is 5.43. The summed E-state index contributed by atoms with van der Waals surface area (Å²) in [5, 5.41) is 21.5. The topological polar surface area (TPSA) is 116 Å². The highest BCUT2D eigenvalue weighted by molar-refractivity contribution is 7.92. The standard InChI is InChI=1S/C18H22N2O6S/c1-26-17-10-6-5-9-16(17)20(13-14(21)11-19-12-18(22)23)27(24,25)15-7-3-2-4-8-15/h2-10,14,19,21H,11-13H2,1H3,(H,22,23). The number of hydrogen-bond acceptors (Lipinski definition) is 6. The zero-order chi connectivity index (χ0) is 19.9. The summed E-state index contributed by atoms with van der Waals surface area (Å²) in [6.45, 7) is -0.691. The van der Waals surface area contributed by atoms with Crippen LogP contribution in [-0.4, -0.2) is 57.4 Å². The van der Waals surface area contributed by atoms with Gasteiger partial charge in [-0.25, -0.2) is 8.42 Å². The van der Waals surface area contributed by atoms with Gasteiger partial charge in [0.15, 0.2) is 0 Å². The first-order valence-electron chi connectivity index (χ1n) is 8.17. The number of aliphatic hydroxyl groups excluding tert-OH is 1. The summed E-state index contributed by atoms with van der Waals surface area (Å²) in [6.07, 6.45) is -1.13. The molecule has 0 aliphatic heterocycles. The fourth-order valence-corrected chi connectivity index (χ4v) is 4.02. The van der Waals surface area contributed by atoms with Crippen LogP contribution in [0.25, 0.3) is 0 Å². The molecule has 1 atom stereocenters. The van der Waals surface area contributed by atoms with Crippen LogP contribution in [0.15, 0.2) is 59.5 Å². The molecule has 0 aliphatic rings. The maximum absolute atomic E-state index is 13.2. The Hall–Kier alpha value is -2.62. The number of hydrogen-bond donors (Lipinski definition) is 3. The molecular formula is C18H22N2O6S. The Labute approximate surface area is 158 Å². The number of carboxylic acids is 1. The van der Waals surface area contributed by atoms with Gasteiger partial charge in [0.2, 0.25) is 0 Å². The molecule has 0 saturated heterocycles. The van der Waals surface area contributed by atoms with E-state index >= 15 is 0 Å². The Kier molecular flexibility index (Phi) is 7.17. The van der Waals surface area contributed by atoms with E-state index in [2.05, 4.69) is 5.32 Å². The number of anilines is 1. The predicted octanol–water partition coefficient (Wildman–Crippen LogP) is 0.926. The molecule has 27 heavy (non-hydrogen) atoms. The van der Waals surface area contributed by atoms with E-state index in [-0.39, 0.29) is 30.2 Å². The van der Waals surface area contributed by atoms with Crippen molar-refractivity contribution in [1.82, 2.24) is 5.32 Å². The van der Waals surface area contributed by atoms with Crippen LogP contribution in [0.4, 0.5) is 5.69 Å². The van der Waals surface area contributed by atoms with Crippen molar-refractivity contribution < 1.29 is 28.2 Å². The molecule has 9 heteroatoms. The largest absolute Gasteiger partial charge is 0.495 e. The van der Waals surface area contributed by atoms with Crippen molar-refractivity contribution in [2.75, 3.05) is 31.0 Å². The zero-order valence-electron chi connectivity index (χ0n) is 14.8.